The third kappa shape index (κ3) is 3.08. The van der Waals surface area contributed by atoms with E-state index in [1.165, 1.54) is 11.8 Å². The predicted molar refractivity (Wildman–Crippen MR) is 77.7 cm³/mol. The van der Waals surface area contributed by atoms with E-state index < -0.39 is 0 Å². The average Bonchev–Trinajstić information content (AvgIpc) is 2.85. The molecule has 0 fully saturated rings. The van der Waals surface area contributed by atoms with E-state index >= 15 is 0 Å². The Hall–Kier alpha value is -1.95. The molecule has 2 aromatic rings. The van der Waals surface area contributed by atoms with Crippen LogP contribution < -0.4 is 5.32 Å². The topological polar surface area (TPSA) is 77.5 Å². The van der Waals surface area contributed by atoms with Crippen molar-refractivity contribution in [3.8, 4) is 0 Å². The zero-order valence-electron chi connectivity index (χ0n) is 10.5. The van der Waals surface area contributed by atoms with E-state index in [1.807, 2.05) is 36.7 Å². The van der Waals surface area contributed by atoms with E-state index in [0.29, 0.717) is 12.3 Å². The molecular weight excluding hydrogens is 262 g/mol. The molecule has 0 aliphatic heterocycles. The Morgan fingerprint density at radius 2 is 2.26 bits per heavy atom. The molecule has 0 aliphatic carbocycles. The molecule has 0 bridgehead atoms. The van der Waals surface area contributed by atoms with E-state index in [1.54, 1.807) is 0 Å². The van der Waals surface area contributed by atoms with Crippen molar-refractivity contribution in [2.45, 2.75) is 6.42 Å². The van der Waals surface area contributed by atoms with Crippen molar-refractivity contribution >= 4 is 34.3 Å². The summed E-state index contributed by atoms with van der Waals surface area (Å²) < 4.78 is 0. The zero-order chi connectivity index (χ0) is 13.7. The fraction of sp³-hybridized carbons (Fsp3) is 0.231. The average molecular weight is 277 g/mol. The number of para-hydroxylation sites is 1. The number of amides is 1. The fourth-order valence-corrected chi connectivity index (χ4v) is 2.13. The Bertz CT molecular complexity index is 607. The molecular formula is C13H15N3O2S. The fourth-order valence-electron chi connectivity index (χ4n) is 1.86. The number of carbonyl (C=O) groups excluding carboxylic acids is 1. The van der Waals surface area contributed by atoms with Gasteiger partial charge in [0.15, 0.2) is 0 Å². The minimum atomic E-state index is -0.345. The quantitative estimate of drug-likeness (QED) is 0.338. The molecule has 3 N–H and O–H groups in total. The number of oxime groups is 1. The molecule has 0 aliphatic rings. The number of aromatic nitrogens is 1. The second kappa shape index (κ2) is 6.29. The monoisotopic (exact) mass is 277 g/mol. The maximum Gasteiger partial charge on any atom is 0.270 e. The predicted octanol–water partition coefficient (Wildman–Crippen LogP) is 1.98. The van der Waals surface area contributed by atoms with Gasteiger partial charge in [-0.25, -0.2) is 0 Å². The summed E-state index contributed by atoms with van der Waals surface area (Å²) >= 11 is 1.49. The number of nitrogens with zero attached hydrogens (tertiary/aromatic N) is 1. The van der Waals surface area contributed by atoms with Gasteiger partial charge in [0.25, 0.3) is 5.91 Å². The van der Waals surface area contributed by atoms with E-state index in [0.717, 1.165) is 16.5 Å². The van der Waals surface area contributed by atoms with E-state index in [-0.39, 0.29) is 11.6 Å². The lowest BCUT2D eigenvalue weighted by Crippen LogP contribution is -2.32. The number of benzene rings is 1. The Balaban J connectivity index is 2.17. The van der Waals surface area contributed by atoms with Gasteiger partial charge >= 0.3 is 0 Å². The largest absolute Gasteiger partial charge is 0.410 e. The Morgan fingerprint density at radius 1 is 1.47 bits per heavy atom. The number of aromatic amines is 1. The van der Waals surface area contributed by atoms with Crippen LogP contribution in [0, 0.1) is 0 Å². The second-order valence-electron chi connectivity index (χ2n) is 4.02. The molecule has 0 radical (unpaired) electrons. The van der Waals surface area contributed by atoms with Gasteiger partial charge < -0.3 is 15.5 Å². The Kier molecular flexibility index (Phi) is 4.46. The lowest BCUT2D eigenvalue weighted by molar-refractivity contribution is -0.114. The first-order chi connectivity index (χ1) is 9.26. The number of nitrogens with one attached hydrogen (secondary N) is 2. The highest BCUT2D eigenvalue weighted by atomic mass is 32.2. The van der Waals surface area contributed by atoms with E-state index in [4.69, 9.17) is 5.21 Å². The van der Waals surface area contributed by atoms with Crippen molar-refractivity contribution in [1.29, 1.82) is 0 Å². The summed E-state index contributed by atoms with van der Waals surface area (Å²) in [6, 6.07) is 7.80. The summed E-state index contributed by atoms with van der Waals surface area (Å²) in [5, 5.41) is 15.8. The van der Waals surface area contributed by atoms with Gasteiger partial charge in [-0.15, -0.1) is 11.8 Å². The molecule has 1 amide bonds. The third-order valence-corrected chi connectivity index (χ3v) is 3.23. The number of rotatable bonds is 5. The van der Waals surface area contributed by atoms with Crippen LogP contribution in [0.3, 0.4) is 0 Å². The van der Waals surface area contributed by atoms with Crippen LogP contribution in [0.25, 0.3) is 10.9 Å². The highest BCUT2D eigenvalue weighted by Crippen LogP contribution is 2.18. The molecule has 0 atom stereocenters. The molecule has 5 nitrogen and oxygen atoms in total. The van der Waals surface area contributed by atoms with Crippen LogP contribution in [0.15, 0.2) is 35.6 Å². The van der Waals surface area contributed by atoms with E-state index in [9.17, 15) is 4.79 Å². The highest BCUT2D eigenvalue weighted by Gasteiger charge is 2.14. The SMILES string of the molecule is CSCNC(=O)/C(Cc1c[nH]c2ccccc12)=N/O. The van der Waals surface area contributed by atoms with Crippen LogP contribution in [-0.4, -0.2) is 33.9 Å². The Labute approximate surface area is 115 Å². The van der Waals surface area contributed by atoms with Crippen molar-refractivity contribution in [3.05, 3.63) is 36.0 Å². The van der Waals surface area contributed by atoms with Gasteiger partial charge in [-0.3, -0.25) is 4.79 Å². The highest BCUT2D eigenvalue weighted by molar-refractivity contribution is 7.98. The summed E-state index contributed by atoms with van der Waals surface area (Å²) in [5.74, 6) is 0.147. The molecule has 0 saturated heterocycles. The maximum atomic E-state index is 11.8. The molecule has 0 saturated carbocycles. The summed E-state index contributed by atoms with van der Waals surface area (Å²) in [5.41, 5.74) is 2.04. The molecule has 1 heterocycles. The first-order valence-corrected chi connectivity index (χ1v) is 7.18. The molecule has 6 heteroatoms. The minimum Gasteiger partial charge on any atom is -0.410 e. The smallest absolute Gasteiger partial charge is 0.270 e. The number of fused-ring (bicyclic) bond motifs is 1. The second-order valence-corrected chi connectivity index (χ2v) is 4.89. The Morgan fingerprint density at radius 3 is 3.00 bits per heavy atom. The molecule has 100 valence electrons. The van der Waals surface area contributed by atoms with Gasteiger partial charge in [0.2, 0.25) is 0 Å². The van der Waals surface area contributed by atoms with Gasteiger partial charge in [0.05, 0.1) is 5.88 Å². The zero-order valence-corrected chi connectivity index (χ0v) is 11.3. The number of H-pyrrole nitrogens is 1. The van der Waals surface area contributed by atoms with Crippen LogP contribution >= 0.6 is 11.8 Å². The molecule has 1 aromatic heterocycles. The first-order valence-electron chi connectivity index (χ1n) is 5.79. The van der Waals surface area contributed by atoms with E-state index in [2.05, 4.69) is 15.5 Å². The number of hydrogen-bond acceptors (Lipinski definition) is 4. The summed E-state index contributed by atoms with van der Waals surface area (Å²) in [4.78, 5) is 14.9. The van der Waals surface area contributed by atoms with Crippen molar-refractivity contribution in [3.63, 3.8) is 0 Å². The molecule has 2 rings (SSSR count). The summed E-state index contributed by atoms with van der Waals surface area (Å²) in [6.07, 6.45) is 4.01. The van der Waals surface area contributed by atoms with Gasteiger partial charge in [-0.2, -0.15) is 0 Å². The number of carbonyl (C=O) groups is 1. The van der Waals surface area contributed by atoms with Gasteiger partial charge in [-0.1, -0.05) is 23.4 Å². The minimum absolute atomic E-state index is 0.110. The van der Waals surface area contributed by atoms with Gasteiger partial charge in [0, 0.05) is 23.5 Å². The van der Waals surface area contributed by atoms with Crippen LogP contribution in [0.2, 0.25) is 0 Å². The van der Waals surface area contributed by atoms with Crippen molar-refractivity contribution < 1.29 is 10.0 Å². The van der Waals surface area contributed by atoms with Crippen LogP contribution in [0.4, 0.5) is 0 Å². The van der Waals surface area contributed by atoms with Crippen LogP contribution in [0.1, 0.15) is 5.56 Å². The number of thioether (sulfide) groups is 1. The maximum absolute atomic E-state index is 11.8. The molecule has 0 spiro atoms. The molecule has 0 unspecified atom stereocenters. The normalized spacial score (nSPS) is 11.7. The lowest BCUT2D eigenvalue weighted by atomic mass is 10.1. The van der Waals surface area contributed by atoms with Gasteiger partial charge in [0.1, 0.15) is 5.71 Å². The standard InChI is InChI=1S/C13H15N3O2S/c1-19-8-15-13(17)12(16-18)6-9-7-14-11-5-3-2-4-10(9)11/h2-5,7,14,18H,6,8H2,1H3,(H,15,17)/b16-12+. The lowest BCUT2D eigenvalue weighted by Gasteiger charge is -2.04. The van der Waals surface area contributed by atoms with Crippen molar-refractivity contribution in [2.24, 2.45) is 5.16 Å². The van der Waals surface area contributed by atoms with Crippen LogP contribution in [-0.2, 0) is 11.2 Å². The molecule has 1 aromatic carbocycles. The van der Waals surface area contributed by atoms with Crippen LogP contribution in [0.5, 0.6) is 0 Å². The molecule has 19 heavy (non-hydrogen) atoms. The number of hydrogen-bond donors (Lipinski definition) is 3. The third-order valence-electron chi connectivity index (χ3n) is 2.79. The van der Waals surface area contributed by atoms with Crippen molar-refractivity contribution in [2.75, 3.05) is 12.1 Å². The van der Waals surface area contributed by atoms with Gasteiger partial charge in [-0.05, 0) is 17.9 Å². The van der Waals surface area contributed by atoms with Crippen molar-refractivity contribution in [1.82, 2.24) is 10.3 Å². The summed E-state index contributed by atoms with van der Waals surface area (Å²) in [7, 11) is 0. The summed E-state index contributed by atoms with van der Waals surface area (Å²) in [6.45, 7) is 0. The first kappa shape index (κ1) is 13.5.